The summed E-state index contributed by atoms with van der Waals surface area (Å²) in [6, 6.07) is 10.9. The van der Waals surface area contributed by atoms with Gasteiger partial charge in [-0.3, -0.25) is 0 Å². The zero-order valence-corrected chi connectivity index (χ0v) is 11.6. The van der Waals surface area contributed by atoms with Gasteiger partial charge in [0, 0.05) is 17.5 Å². The van der Waals surface area contributed by atoms with Crippen molar-refractivity contribution < 1.29 is 10.2 Å². The molecule has 2 aromatic carbocycles. The van der Waals surface area contributed by atoms with E-state index in [1.807, 2.05) is 18.2 Å². The van der Waals surface area contributed by atoms with Gasteiger partial charge in [0.25, 0.3) is 0 Å². The fraction of sp³-hybridized carbons (Fsp3) is 0.222. The number of hydrogen-bond donors (Lipinski definition) is 2. The van der Waals surface area contributed by atoms with E-state index in [0.29, 0.717) is 12.0 Å². The lowest BCUT2D eigenvalue weighted by molar-refractivity contribution is 0.469. The van der Waals surface area contributed by atoms with E-state index < -0.39 is 0 Å². The second-order valence-corrected chi connectivity index (χ2v) is 4.83. The summed E-state index contributed by atoms with van der Waals surface area (Å²) < 4.78 is 0. The zero-order valence-electron chi connectivity index (χ0n) is 11.6. The molecule has 0 aliphatic rings. The Labute approximate surface area is 119 Å². The number of rotatable bonds is 4. The molecule has 2 N–H and O–H groups in total. The van der Waals surface area contributed by atoms with Crippen molar-refractivity contribution in [3.63, 3.8) is 0 Å². The lowest BCUT2D eigenvalue weighted by Gasteiger charge is -2.10. The molecule has 20 heavy (non-hydrogen) atoms. The van der Waals surface area contributed by atoms with E-state index in [4.69, 9.17) is 6.42 Å². The number of aryl methyl sites for hydroxylation is 1. The van der Waals surface area contributed by atoms with Crippen molar-refractivity contribution in [2.75, 3.05) is 0 Å². The molecule has 0 aliphatic heterocycles. The van der Waals surface area contributed by atoms with Crippen molar-refractivity contribution >= 4 is 0 Å². The number of aromatic hydroxyl groups is 2. The van der Waals surface area contributed by atoms with Crippen LogP contribution in [0, 0.1) is 12.3 Å². The first-order chi connectivity index (χ1) is 9.65. The molecule has 0 bridgehead atoms. The van der Waals surface area contributed by atoms with Crippen molar-refractivity contribution in [2.24, 2.45) is 0 Å². The molecule has 0 saturated carbocycles. The number of terminal acetylenes is 1. The van der Waals surface area contributed by atoms with Crippen LogP contribution < -0.4 is 0 Å². The highest BCUT2D eigenvalue weighted by atomic mass is 16.3. The summed E-state index contributed by atoms with van der Waals surface area (Å²) in [4.78, 5) is 0. The highest BCUT2D eigenvalue weighted by Crippen LogP contribution is 2.33. The maximum atomic E-state index is 10.0. The average molecular weight is 266 g/mol. The van der Waals surface area contributed by atoms with Crippen molar-refractivity contribution in [1.29, 1.82) is 0 Å². The number of hydrogen-bond acceptors (Lipinski definition) is 2. The van der Waals surface area contributed by atoms with Crippen LogP contribution in [-0.4, -0.2) is 10.2 Å². The fourth-order valence-electron chi connectivity index (χ4n) is 2.26. The summed E-state index contributed by atoms with van der Waals surface area (Å²) >= 11 is 0. The summed E-state index contributed by atoms with van der Waals surface area (Å²) in [5.74, 6) is 2.96. The molecule has 0 aliphatic carbocycles. The van der Waals surface area contributed by atoms with Gasteiger partial charge in [0.2, 0.25) is 0 Å². The van der Waals surface area contributed by atoms with Crippen molar-refractivity contribution in [2.45, 2.75) is 26.2 Å². The molecule has 0 amide bonds. The van der Waals surface area contributed by atoms with E-state index in [9.17, 15) is 10.2 Å². The number of benzene rings is 2. The van der Waals surface area contributed by atoms with Crippen LogP contribution in [0.1, 0.15) is 24.5 Å². The molecule has 0 spiro atoms. The van der Waals surface area contributed by atoms with Crippen LogP contribution >= 0.6 is 0 Å². The van der Waals surface area contributed by atoms with Gasteiger partial charge in [-0.25, -0.2) is 0 Å². The molecule has 2 heteroatoms. The second kappa shape index (κ2) is 6.16. The van der Waals surface area contributed by atoms with E-state index in [0.717, 1.165) is 24.0 Å². The Hall–Kier alpha value is -2.40. The maximum absolute atomic E-state index is 10.0. The monoisotopic (exact) mass is 266 g/mol. The van der Waals surface area contributed by atoms with Gasteiger partial charge in [-0.2, -0.15) is 0 Å². The minimum Gasteiger partial charge on any atom is -0.508 e. The molecule has 2 aromatic rings. The third-order valence-corrected chi connectivity index (χ3v) is 3.28. The first-order valence-electron chi connectivity index (χ1n) is 6.73. The first-order valence-corrected chi connectivity index (χ1v) is 6.73. The largest absolute Gasteiger partial charge is 0.508 e. The SMILES string of the molecule is C#CCc1cc(-c2cc(CCC)ccc2O)ccc1O. The maximum Gasteiger partial charge on any atom is 0.123 e. The summed E-state index contributed by atoms with van der Waals surface area (Å²) in [7, 11) is 0. The van der Waals surface area contributed by atoms with Crippen molar-refractivity contribution in [3.05, 3.63) is 47.5 Å². The Morgan fingerprint density at radius 2 is 1.80 bits per heavy atom. The standard InChI is InChI=1S/C18H18O2/c1-3-5-13-7-9-18(20)16(11-13)14-8-10-17(19)15(12-14)6-4-2/h2,7-12,19-20H,3,5-6H2,1H3. The molecule has 0 atom stereocenters. The molecule has 0 heterocycles. The van der Waals surface area contributed by atoms with Gasteiger partial charge in [0.15, 0.2) is 0 Å². The van der Waals surface area contributed by atoms with Crippen LogP contribution in [0.4, 0.5) is 0 Å². The number of phenols is 2. The van der Waals surface area contributed by atoms with Crippen LogP contribution in [0.3, 0.4) is 0 Å². The van der Waals surface area contributed by atoms with E-state index in [1.165, 1.54) is 5.56 Å². The summed E-state index contributed by atoms with van der Waals surface area (Å²) in [5, 5.41) is 19.8. The van der Waals surface area contributed by atoms with Gasteiger partial charge in [0.05, 0.1) is 0 Å². The molecular formula is C18H18O2. The van der Waals surface area contributed by atoms with Crippen LogP contribution in [0.15, 0.2) is 36.4 Å². The smallest absolute Gasteiger partial charge is 0.123 e. The minimum atomic E-state index is 0.191. The zero-order chi connectivity index (χ0) is 14.5. The second-order valence-electron chi connectivity index (χ2n) is 4.83. The lowest BCUT2D eigenvalue weighted by atomic mass is 9.97. The third-order valence-electron chi connectivity index (χ3n) is 3.28. The molecular weight excluding hydrogens is 248 g/mol. The molecule has 0 fully saturated rings. The molecule has 2 nitrogen and oxygen atoms in total. The van der Waals surface area contributed by atoms with Gasteiger partial charge in [-0.05, 0) is 41.8 Å². The van der Waals surface area contributed by atoms with Gasteiger partial charge < -0.3 is 10.2 Å². The van der Waals surface area contributed by atoms with E-state index in [2.05, 4.69) is 12.8 Å². The predicted molar refractivity (Wildman–Crippen MR) is 81.7 cm³/mol. The van der Waals surface area contributed by atoms with E-state index in [1.54, 1.807) is 18.2 Å². The molecule has 0 unspecified atom stereocenters. The van der Waals surface area contributed by atoms with E-state index >= 15 is 0 Å². The van der Waals surface area contributed by atoms with Gasteiger partial charge in [-0.15, -0.1) is 12.3 Å². The highest BCUT2D eigenvalue weighted by molar-refractivity contribution is 5.72. The molecule has 0 radical (unpaired) electrons. The molecule has 0 saturated heterocycles. The van der Waals surface area contributed by atoms with E-state index in [-0.39, 0.29) is 11.5 Å². The van der Waals surface area contributed by atoms with Gasteiger partial charge in [0.1, 0.15) is 11.5 Å². The Kier molecular flexibility index (Phi) is 4.32. The summed E-state index contributed by atoms with van der Waals surface area (Å²) in [5.41, 5.74) is 3.52. The lowest BCUT2D eigenvalue weighted by Crippen LogP contribution is -1.89. The first kappa shape index (κ1) is 14.0. The van der Waals surface area contributed by atoms with Crippen LogP contribution in [-0.2, 0) is 12.8 Å². The Balaban J connectivity index is 2.48. The summed E-state index contributed by atoms with van der Waals surface area (Å²) in [6.07, 6.45) is 7.70. The van der Waals surface area contributed by atoms with Crippen molar-refractivity contribution in [1.82, 2.24) is 0 Å². The van der Waals surface area contributed by atoms with Gasteiger partial charge in [-0.1, -0.05) is 25.5 Å². The topological polar surface area (TPSA) is 40.5 Å². The summed E-state index contributed by atoms with van der Waals surface area (Å²) in [6.45, 7) is 2.12. The average Bonchev–Trinajstić information content (AvgIpc) is 2.44. The van der Waals surface area contributed by atoms with Crippen LogP contribution in [0.2, 0.25) is 0 Å². The quantitative estimate of drug-likeness (QED) is 0.824. The minimum absolute atomic E-state index is 0.191. The Morgan fingerprint density at radius 1 is 1.05 bits per heavy atom. The molecule has 102 valence electrons. The normalized spacial score (nSPS) is 10.2. The predicted octanol–water partition coefficient (Wildman–Crippen LogP) is 3.89. The van der Waals surface area contributed by atoms with Crippen LogP contribution in [0.25, 0.3) is 11.1 Å². The van der Waals surface area contributed by atoms with Crippen molar-refractivity contribution in [3.8, 4) is 35.0 Å². The van der Waals surface area contributed by atoms with Crippen LogP contribution in [0.5, 0.6) is 11.5 Å². The highest BCUT2D eigenvalue weighted by Gasteiger charge is 2.08. The third kappa shape index (κ3) is 2.95. The fourth-order valence-corrected chi connectivity index (χ4v) is 2.26. The number of phenolic OH excluding ortho intramolecular Hbond substituents is 2. The Bertz CT molecular complexity index is 651. The molecule has 2 rings (SSSR count). The Morgan fingerprint density at radius 3 is 2.50 bits per heavy atom. The van der Waals surface area contributed by atoms with Gasteiger partial charge >= 0.3 is 0 Å². The molecule has 0 aromatic heterocycles.